The Labute approximate surface area is 122 Å². The molecular formula is C15H18O6. The van der Waals surface area contributed by atoms with Crippen molar-refractivity contribution in [2.75, 3.05) is 13.2 Å². The van der Waals surface area contributed by atoms with Crippen molar-refractivity contribution in [2.24, 2.45) is 0 Å². The third-order valence-corrected chi connectivity index (χ3v) is 2.76. The van der Waals surface area contributed by atoms with Crippen LogP contribution in [0.25, 0.3) is 0 Å². The fourth-order valence-electron chi connectivity index (χ4n) is 1.80. The second-order valence-electron chi connectivity index (χ2n) is 4.20. The fourth-order valence-corrected chi connectivity index (χ4v) is 1.80. The van der Waals surface area contributed by atoms with Gasteiger partial charge in [0.1, 0.15) is 0 Å². The van der Waals surface area contributed by atoms with E-state index in [4.69, 9.17) is 9.47 Å². The summed E-state index contributed by atoms with van der Waals surface area (Å²) in [6, 6.07) is 4.28. The highest BCUT2D eigenvalue weighted by Gasteiger charge is 2.16. The molecule has 0 aromatic heterocycles. The molecule has 0 radical (unpaired) electrons. The molecule has 0 bridgehead atoms. The third kappa shape index (κ3) is 4.91. The number of ether oxygens (including phenoxy) is 2. The molecule has 0 saturated carbocycles. The van der Waals surface area contributed by atoms with Gasteiger partial charge in [0.15, 0.2) is 0 Å². The van der Waals surface area contributed by atoms with Crippen LogP contribution in [0.5, 0.6) is 0 Å². The summed E-state index contributed by atoms with van der Waals surface area (Å²) >= 11 is 0. The van der Waals surface area contributed by atoms with Crippen molar-refractivity contribution in [2.45, 2.75) is 26.7 Å². The van der Waals surface area contributed by atoms with Crippen LogP contribution >= 0.6 is 0 Å². The number of benzene rings is 1. The Bertz CT molecular complexity index is 535. The van der Waals surface area contributed by atoms with Gasteiger partial charge in [-0.25, -0.2) is 9.59 Å². The number of rotatable bonds is 7. The highest BCUT2D eigenvalue weighted by atomic mass is 16.5. The van der Waals surface area contributed by atoms with Gasteiger partial charge in [-0.1, -0.05) is 6.07 Å². The third-order valence-electron chi connectivity index (χ3n) is 2.76. The zero-order chi connectivity index (χ0) is 15.8. The first-order valence-corrected chi connectivity index (χ1v) is 6.68. The first-order valence-electron chi connectivity index (χ1n) is 6.68. The van der Waals surface area contributed by atoms with E-state index in [1.54, 1.807) is 13.8 Å². The van der Waals surface area contributed by atoms with Crippen LogP contribution in [-0.2, 0) is 20.7 Å². The SMILES string of the molecule is CCOC(=O)CCc1ccc(C(=O)OCC)cc1C(=O)O. The van der Waals surface area contributed by atoms with E-state index in [-0.39, 0.29) is 43.2 Å². The smallest absolute Gasteiger partial charge is 0.338 e. The van der Waals surface area contributed by atoms with Gasteiger partial charge >= 0.3 is 17.9 Å². The molecule has 0 aliphatic carbocycles. The molecule has 1 N–H and O–H groups in total. The van der Waals surface area contributed by atoms with Gasteiger partial charge < -0.3 is 14.6 Å². The molecule has 1 aromatic carbocycles. The number of carboxylic acid groups (broad SMARTS) is 1. The van der Waals surface area contributed by atoms with Crippen LogP contribution in [0.4, 0.5) is 0 Å². The van der Waals surface area contributed by atoms with E-state index in [2.05, 4.69) is 0 Å². The number of hydrogen-bond donors (Lipinski definition) is 1. The second-order valence-corrected chi connectivity index (χ2v) is 4.20. The monoisotopic (exact) mass is 294 g/mol. The molecule has 0 heterocycles. The lowest BCUT2D eigenvalue weighted by Gasteiger charge is -2.08. The first-order chi connectivity index (χ1) is 9.99. The number of carbonyl (C=O) groups excluding carboxylic acids is 2. The summed E-state index contributed by atoms with van der Waals surface area (Å²) in [7, 11) is 0. The summed E-state index contributed by atoms with van der Waals surface area (Å²) in [4.78, 5) is 34.2. The topological polar surface area (TPSA) is 89.9 Å². The summed E-state index contributed by atoms with van der Waals surface area (Å²) in [6.45, 7) is 3.87. The largest absolute Gasteiger partial charge is 0.478 e. The molecule has 21 heavy (non-hydrogen) atoms. The van der Waals surface area contributed by atoms with Crippen molar-refractivity contribution in [3.8, 4) is 0 Å². The molecule has 1 rings (SSSR count). The first kappa shape index (κ1) is 16.7. The highest BCUT2D eigenvalue weighted by Crippen LogP contribution is 2.16. The molecule has 0 spiro atoms. The van der Waals surface area contributed by atoms with E-state index < -0.39 is 11.9 Å². The number of carboxylic acids is 1. The van der Waals surface area contributed by atoms with E-state index in [0.717, 1.165) is 0 Å². The summed E-state index contributed by atoms with van der Waals surface area (Å²) in [5.41, 5.74) is 0.641. The van der Waals surface area contributed by atoms with Crippen molar-refractivity contribution in [1.29, 1.82) is 0 Å². The van der Waals surface area contributed by atoms with Crippen LogP contribution in [0.15, 0.2) is 18.2 Å². The quantitative estimate of drug-likeness (QED) is 0.774. The van der Waals surface area contributed by atoms with Gasteiger partial charge in [-0.15, -0.1) is 0 Å². The molecule has 1 aromatic rings. The van der Waals surface area contributed by atoms with E-state index in [1.807, 2.05) is 0 Å². The summed E-state index contributed by atoms with van der Waals surface area (Å²) in [6.07, 6.45) is 0.330. The molecule has 0 saturated heterocycles. The Balaban J connectivity index is 2.92. The lowest BCUT2D eigenvalue weighted by Crippen LogP contribution is -2.11. The van der Waals surface area contributed by atoms with E-state index in [9.17, 15) is 19.5 Å². The van der Waals surface area contributed by atoms with Gasteiger partial charge in [-0.3, -0.25) is 4.79 Å². The molecular weight excluding hydrogens is 276 g/mol. The van der Waals surface area contributed by atoms with Gasteiger partial charge in [0.05, 0.1) is 24.3 Å². The maximum atomic E-state index is 11.6. The van der Waals surface area contributed by atoms with Crippen molar-refractivity contribution in [3.63, 3.8) is 0 Å². The molecule has 0 amide bonds. The Morgan fingerprint density at radius 3 is 2.33 bits per heavy atom. The van der Waals surface area contributed by atoms with Crippen LogP contribution in [0.3, 0.4) is 0 Å². The standard InChI is InChI=1S/C15H18O6/c1-3-20-13(16)8-7-10-5-6-11(15(19)21-4-2)9-12(10)14(17)18/h5-6,9H,3-4,7-8H2,1-2H3,(H,17,18). The van der Waals surface area contributed by atoms with Gasteiger partial charge in [-0.2, -0.15) is 0 Å². The minimum absolute atomic E-state index is 0.00940. The number of esters is 2. The molecule has 6 heteroatoms. The average molecular weight is 294 g/mol. The fraction of sp³-hybridized carbons (Fsp3) is 0.400. The van der Waals surface area contributed by atoms with E-state index >= 15 is 0 Å². The molecule has 6 nitrogen and oxygen atoms in total. The Morgan fingerprint density at radius 2 is 1.76 bits per heavy atom. The van der Waals surface area contributed by atoms with Crippen molar-refractivity contribution >= 4 is 17.9 Å². The maximum absolute atomic E-state index is 11.6. The van der Waals surface area contributed by atoms with Crippen LogP contribution in [0, 0.1) is 0 Å². The maximum Gasteiger partial charge on any atom is 0.338 e. The Hall–Kier alpha value is -2.37. The van der Waals surface area contributed by atoms with Crippen LogP contribution in [0.2, 0.25) is 0 Å². The zero-order valence-corrected chi connectivity index (χ0v) is 12.0. The predicted octanol–water partition coefficient (Wildman–Crippen LogP) is 2.06. The molecule has 0 atom stereocenters. The van der Waals surface area contributed by atoms with E-state index in [1.165, 1.54) is 18.2 Å². The van der Waals surface area contributed by atoms with Crippen LogP contribution in [0.1, 0.15) is 46.5 Å². The van der Waals surface area contributed by atoms with Gasteiger partial charge in [0.2, 0.25) is 0 Å². The zero-order valence-electron chi connectivity index (χ0n) is 12.0. The predicted molar refractivity (Wildman–Crippen MR) is 74.3 cm³/mol. The highest BCUT2D eigenvalue weighted by molar-refractivity contribution is 5.95. The lowest BCUT2D eigenvalue weighted by atomic mass is 10.00. The van der Waals surface area contributed by atoms with Gasteiger partial charge in [-0.05, 0) is 38.0 Å². The summed E-state index contributed by atoms with van der Waals surface area (Å²) < 4.78 is 9.62. The Morgan fingerprint density at radius 1 is 1.10 bits per heavy atom. The normalized spacial score (nSPS) is 10.0. The van der Waals surface area contributed by atoms with Crippen LogP contribution < -0.4 is 0 Å². The molecule has 0 aliphatic heterocycles. The number of carbonyl (C=O) groups is 3. The van der Waals surface area contributed by atoms with Crippen molar-refractivity contribution < 1.29 is 29.0 Å². The summed E-state index contributed by atoms with van der Waals surface area (Å²) in [5, 5.41) is 9.20. The number of aromatic carboxylic acids is 1. The van der Waals surface area contributed by atoms with Gasteiger partial charge in [0.25, 0.3) is 0 Å². The molecule has 0 aliphatic rings. The molecule has 0 unspecified atom stereocenters. The van der Waals surface area contributed by atoms with Gasteiger partial charge in [0, 0.05) is 6.42 Å². The average Bonchev–Trinajstić information content (AvgIpc) is 2.45. The Kier molecular flexibility index (Phi) is 6.39. The molecule has 114 valence electrons. The summed E-state index contributed by atoms with van der Waals surface area (Å²) in [5.74, 6) is -2.11. The minimum Gasteiger partial charge on any atom is -0.478 e. The second kappa shape index (κ2) is 8.04. The van der Waals surface area contributed by atoms with E-state index in [0.29, 0.717) is 5.56 Å². The lowest BCUT2D eigenvalue weighted by molar-refractivity contribution is -0.143. The number of aryl methyl sites for hydroxylation is 1. The number of hydrogen-bond acceptors (Lipinski definition) is 5. The van der Waals surface area contributed by atoms with Crippen LogP contribution in [-0.4, -0.2) is 36.2 Å². The molecule has 0 fully saturated rings. The minimum atomic E-state index is -1.15. The van der Waals surface area contributed by atoms with Crippen molar-refractivity contribution in [1.82, 2.24) is 0 Å². The van der Waals surface area contributed by atoms with Crippen molar-refractivity contribution in [3.05, 3.63) is 34.9 Å².